The molecule has 1 saturated carbocycles. The van der Waals surface area contributed by atoms with E-state index in [4.69, 9.17) is 4.52 Å². The Morgan fingerprint density at radius 1 is 1.38 bits per heavy atom. The highest BCUT2D eigenvalue weighted by atomic mass is 32.2. The van der Waals surface area contributed by atoms with Gasteiger partial charge in [-0.1, -0.05) is 67.6 Å². The highest BCUT2D eigenvalue weighted by Gasteiger charge is 2.27. The maximum absolute atomic E-state index is 12.6. The van der Waals surface area contributed by atoms with Gasteiger partial charge in [0.15, 0.2) is 0 Å². The molecule has 1 aliphatic carbocycles. The van der Waals surface area contributed by atoms with Crippen LogP contribution in [0.4, 0.5) is 0 Å². The van der Waals surface area contributed by atoms with Gasteiger partial charge < -0.3 is 9.84 Å². The Morgan fingerprint density at radius 2 is 2.12 bits per heavy atom. The molecule has 1 heterocycles. The van der Waals surface area contributed by atoms with Gasteiger partial charge in [-0.05, 0) is 37.5 Å². The lowest BCUT2D eigenvalue weighted by atomic mass is 9.86. The largest absolute Gasteiger partial charge is 0.350 e. The quantitative estimate of drug-likeness (QED) is 0.580. The first kappa shape index (κ1) is 18.6. The van der Waals surface area contributed by atoms with Gasteiger partial charge >= 0.3 is 0 Å². The summed E-state index contributed by atoms with van der Waals surface area (Å²) < 4.78 is 5.32. The number of hydrogen-bond acceptors (Lipinski definition) is 4. The molecule has 5 heteroatoms. The average Bonchev–Trinajstić information content (AvgIpc) is 2.91. The summed E-state index contributed by atoms with van der Waals surface area (Å²) in [6, 6.07) is 0.224. The minimum absolute atomic E-state index is 0.161. The summed E-state index contributed by atoms with van der Waals surface area (Å²) in [7, 11) is 0. The molecule has 1 unspecified atom stereocenters. The zero-order valence-corrected chi connectivity index (χ0v) is 15.5. The number of amides is 1. The summed E-state index contributed by atoms with van der Waals surface area (Å²) in [6.07, 6.45) is 12.1. The Kier molecular flexibility index (Phi) is 6.91. The second-order valence-corrected chi connectivity index (χ2v) is 7.52. The molecular formula is C19H26N2O2S. The van der Waals surface area contributed by atoms with Gasteiger partial charge in [0, 0.05) is 6.04 Å². The molecule has 1 aromatic rings. The third-order valence-electron chi connectivity index (χ3n) is 4.28. The number of aromatic nitrogens is 1. The van der Waals surface area contributed by atoms with Gasteiger partial charge in [0.25, 0.3) is 5.91 Å². The Morgan fingerprint density at radius 3 is 2.83 bits per heavy atom. The Balaban J connectivity index is 2.10. The van der Waals surface area contributed by atoms with Crippen molar-refractivity contribution in [3.05, 3.63) is 47.2 Å². The van der Waals surface area contributed by atoms with Crippen molar-refractivity contribution in [1.29, 1.82) is 0 Å². The lowest BCUT2D eigenvalue weighted by molar-refractivity contribution is 0.0868. The van der Waals surface area contributed by atoms with Crippen molar-refractivity contribution < 1.29 is 9.32 Å². The van der Waals surface area contributed by atoms with Crippen LogP contribution in [-0.2, 0) is 0 Å². The van der Waals surface area contributed by atoms with Gasteiger partial charge in [-0.2, -0.15) is 0 Å². The number of carbonyl (C=O) groups is 1. The zero-order valence-electron chi connectivity index (χ0n) is 14.7. The van der Waals surface area contributed by atoms with E-state index in [9.17, 15) is 4.79 Å². The van der Waals surface area contributed by atoms with Crippen molar-refractivity contribution in [2.75, 3.05) is 0 Å². The molecule has 0 bridgehead atoms. The Hall–Kier alpha value is -1.75. The molecule has 2 atom stereocenters. The fourth-order valence-electron chi connectivity index (χ4n) is 2.86. The molecule has 1 fully saturated rings. The summed E-state index contributed by atoms with van der Waals surface area (Å²) >= 11 is 1.50. The Labute approximate surface area is 148 Å². The monoisotopic (exact) mass is 346 g/mol. The third kappa shape index (κ3) is 4.87. The number of nitrogens with zero attached hydrogens (tertiary/aromatic N) is 1. The molecule has 1 aromatic heterocycles. The zero-order chi connectivity index (χ0) is 17.5. The molecule has 1 N–H and O–H groups in total. The average molecular weight is 346 g/mol. The van der Waals surface area contributed by atoms with Crippen LogP contribution in [0.5, 0.6) is 0 Å². The molecule has 1 amide bonds. The van der Waals surface area contributed by atoms with Crippen LogP contribution in [0.25, 0.3) is 0 Å². The van der Waals surface area contributed by atoms with Crippen LogP contribution in [-0.4, -0.2) is 17.1 Å². The number of hydrogen-bond donors (Lipinski definition) is 1. The first-order chi connectivity index (χ1) is 11.5. The van der Waals surface area contributed by atoms with Gasteiger partial charge in [-0.25, -0.2) is 0 Å². The van der Waals surface area contributed by atoms with Gasteiger partial charge in [0.2, 0.25) is 5.76 Å². The smallest absolute Gasteiger partial charge is 0.291 e. The predicted molar refractivity (Wildman–Crippen MR) is 99.1 cm³/mol. The second-order valence-electron chi connectivity index (χ2n) is 6.27. The highest BCUT2D eigenvalue weighted by molar-refractivity contribution is 8.03. The highest BCUT2D eigenvalue weighted by Crippen LogP contribution is 2.33. The molecular weight excluding hydrogens is 320 g/mol. The van der Waals surface area contributed by atoms with Crippen molar-refractivity contribution in [3.8, 4) is 0 Å². The minimum Gasteiger partial charge on any atom is -0.350 e. The number of aryl methyl sites for hydroxylation is 1. The normalized spacial score (nSPS) is 21.9. The van der Waals surface area contributed by atoms with Crippen molar-refractivity contribution >= 4 is 17.7 Å². The van der Waals surface area contributed by atoms with Crippen molar-refractivity contribution in [3.63, 3.8) is 0 Å². The first-order valence-corrected chi connectivity index (χ1v) is 9.25. The molecule has 2 rings (SSSR count). The van der Waals surface area contributed by atoms with Gasteiger partial charge in [0.05, 0.1) is 10.6 Å². The van der Waals surface area contributed by atoms with Crippen LogP contribution in [0, 0.1) is 12.8 Å². The molecule has 0 radical (unpaired) electrons. The van der Waals surface area contributed by atoms with Crippen LogP contribution in [0.15, 0.2) is 45.2 Å². The molecule has 0 aromatic carbocycles. The lowest BCUT2D eigenvalue weighted by Gasteiger charge is -2.29. The number of nitrogens with one attached hydrogen (secondary N) is 1. The molecule has 4 nitrogen and oxygen atoms in total. The van der Waals surface area contributed by atoms with Gasteiger partial charge in [0.1, 0.15) is 0 Å². The minimum atomic E-state index is -0.161. The van der Waals surface area contributed by atoms with E-state index in [1.165, 1.54) is 31.0 Å². The topological polar surface area (TPSA) is 55.1 Å². The fraction of sp³-hybridized carbons (Fsp3) is 0.474. The molecule has 0 saturated heterocycles. The molecule has 1 aliphatic rings. The van der Waals surface area contributed by atoms with E-state index < -0.39 is 0 Å². The molecule has 0 aliphatic heterocycles. The summed E-state index contributed by atoms with van der Waals surface area (Å²) in [5.74, 6) is 0.663. The van der Waals surface area contributed by atoms with E-state index in [0.717, 1.165) is 21.9 Å². The summed E-state index contributed by atoms with van der Waals surface area (Å²) in [5, 5.41) is 7.11. The van der Waals surface area contributed by atoms with Gasteiger partial charge in [-0.15, -0.1) is 0 Å². The lowest BCUT2D eigenvalue weighted by Crippen LogP contribution is -2.41. The van der Waals surface area contributed by atoms with E-state index >= 15 is 0 Å². The number of carbonyl (C=O) groups excluding carboxylic acids is 1. The van der Waals surface area contributed by atoms with Crippen LogP contribution in [0.3, 0.4) is 0 Å². The summed E-state index contributed by atoms with van der Waals surface area (Å²) in [6.45, 7) is 9.70. The van der Waals surface area contributed by atoms with Crippen molar-refractivity contribution in [2.24, 2.45) is 5.92 Å². The van der Waals surface area contributed by atoms with E-state index in [2.05, 4.69) is 24.0 Å². The summed E-state index contributed by atoms with van der Waals surface area (Å²) in [5.41, 5.74) is 0.738. The van der Waals surface area contributed by atoms with E-state index in [1.807, 2.05) is 32.1 Å². The molecule has 130 valence electrons. The van der Waals surface area contributed by atoms with Crippen LogP contribution < -0.4 is 5.32 Å². The van der Waals surface area contributed by atoms with Crippen molar-refractivity contribution in [2.45, 2.75) is 57.4 Å². The van der Waals surface area contributed by atoms with E-state index in [-0.39, 0.29) is 11.9 Å². The van der Waals surface area contributed by atoms with Crippen LogP contribution >= 0.6 is 11.8 Å². The molecule has 0 spiro atoms. The van der Waals surface area contributed by atoms with Crippen molar-refractivity contribution in [1.82, 2.24) is 10.5 Å². The Bertz CT molecular complexity index is 646. The molecule has 24 heavy (non-hydrogen) atoms. The predicted octanol–water partition coefficient (Wildman–Crippen LogP) is 5.03. The van der Waals surface area contributed by atoms with E-state index in [1.54, 1.807) is 6.08 Å². The summed E-state index contributed by atoms with van der Waals surface area (Å²) in [4.78, 5) is 14.5. The standard InChI is InChI=1S/C19H26N2O2S/c1-5-6-7-11-14(3)24-18-15(4)21-23-17(18)19(22)20-16-12-9-8-10-13(16)2/h5-7,11,13,16H,1,8-10,12H2,2-4H3,(H,20,22)/b7-6-,14-11+/t13?,16-/m1/s1. The fourth-order valence-corrected chi connectivity index (χ4v) is 3.73. The van der Waals surface area contributed by atoms with E-state index in [0.29, 0.717) is 11.7 Å². The van der Waals surface area contributed by atoms with Crippen LogP contribution in [0.2, 0.25) is 0 Å². The third-order valence-corrected chi connectivity index (χ3v) is 5.43. The maximum atomic E-state index is 12.6. The van der Waals surface area contributed by atoms with Gasteiger partial charge in [-0.3, -0.25) is 4.79 Å². The number of thioether (sulfide) groups is 1. The van der Waals surface area contributed by atoms with Crippen LogP contribution in [0.1, 0.15) is 55.8 Å². The first-order valence-electron chi connectivity index (χ1n) is 8.44. The number of allylic oxidation sites excluding steroid dienone is 5. The maximum Gasteiger partial charge on any atom is 0.291 e. The second kappa shape index (κ2) is 8.92. The SMILES string of the molecule is C=C/C=C\C=C(/C)Sc1c(C)noc1C(=O)N[C@@H]1CCCCC1C. The number of rotatable bonds is 6.